The van der Waals surface area contributed by atoms with Gasteiger partial charge in [0.05, 0.1) is 19.8 Å². The molecule has 0 radical (unpaired) electrons. The van der Waals surface area contributed by atoms with Crippen LogP contribution < -0.4 is 0 Å². The van der Waals surface area contributed by atoms with Gasteiger partial charge in [0.2, 0.25) is 0 Å². The van der Waals surface area contributed by atoms with Crippen molar-refractivity contribution in [2.45, 2.75) is 38.3 Å². The largest absolute Gasteiger partial charge is 0.387 e. The highest BCUT2D eigenvalue weighted by molar-refractivity contribution is 5.94. The summed E-state index contributed by atoms with van der Waals surface area (Å²) in [6.07, 6.45) is 3.60. The summed E-state index contributed by atoms with van der Waals surface area (Å²) in [5, 5.41) is 10.6. The van der Waals surface area contributed by atoms with E-state index < -0.39 is 12.2 Å². The molecule has 2 aromatic rings. The lowest BCUT2D eigenvalue weighted by Crippen LogP contribution is -2.39. The number of ether oxygens (including phenoxy) is 2. The van der Waals surface area contributed by atoms with Crippen LogP contribution in [0.15, 0.2) is 72.9 Å². The van der Waals surface area contributed by atoms with E-state index in [0.717, 1.165) is 37.1 Å². The lowest BCUT2D eigenvalue weighted by atomic mass is 10.1. The zero-order valence-corrected chi connectivity index (χ0v) is 16.7. The molecular weight excluding hydrogens is 366 g/mol. The first kappa shape index (κ1) is 21.2. The number of aliphatic hydroxyl groups is 1. The van der Waals surface area contributed by atoms with Crippen LogP contribution in [0.3, 0.4) is 0 Å². The van der Waals surface area contributed by atoms with Crippen molar-refractivity contribution >= 4 is 5.78 Å². The van der Waals surface area contributed by atoms with Crippen molar-refractivity contribution in [3.8, 4) is 0 Å². The molecule has 1 saturated heterocycles. The van der Waals surface area contributed by atoms with Crippen LogP contribution >= 0.6 is 0 Å². The number of hydrogen-bond acceptors (Lipinski definition) is 5. The van der Waals surface area contributed by atoms with E-state index in [1.54, 1.807) is 0 Å². The molecule has 2 aromatic carbocycles. The molecule has 0 saturated carbocycles. The van der Waals surface area contributed by atoms with E-state index in [9.17, 15) is 9.90 Å². The molecule has 1 aliphatic heterocycles. The molecule has 1 aliphatic rings. The number of carbonyl (C=O) groups excluding carboxylic acids is 1. The van der Waals surface area contributed by atoms with Gasteiger partial charge in [-0.2, -0.15) is 0 Å². The van der Waals surface area contributed by atoms with Crippen molar-refractivity contribution in [3.05, 3.63) is 84.1 Å². The Morgan fingerprint density at radius 1 is 0.966 bits per heavy atom. The average molecular weight is 395 g/mol. The number of likely N-dealkylation sites (tertiary alicyclic amines) is 1. The van der Waals surface area contributed by atoms with Gasteiger partial charge in [0, 0.05) is 19.3 Å². The van der Waals surface area contributed by atoms with Crippen LogP contribution in [-0.2, 0) is 27.5 Å². The normalized spacial score (nSPS) is 16.2. The van der Waals surface area contributed by atoms with Crippen molar-refractivity contribution in [2.75, 3.05) is 19.7 Å². The van der Waals surface area contributed by atoms with Gasteiger partial charge in [-0.15, -0.1) is 0 Å². The monoisotopic (exact) mass is 395 g/mol. The smallest absolute Gasteiger partial charge is 0.188 e. The van der Waals surface area contributed by atoms with E-state index in [0.29, 0.717) is 6.61 Å². The fourth-order valence-corrected chi connectivity index (χ4v) is 3.27. The predicted octanol–water partition coefficient (Wildman–Crippen LogP) is 3.33. The van der Waals surface area contributed by atoms with E-state index in [4.69, 9.17) is 9.47 Å². The van der Waals surface area contributed by atoms with Crippen molar-refractivity contribution in [3.63, 3.8) is 0 Å². The minimum Gasteiger partial charge on any atom is -0.387 e. The van der Waals surface area contributed by atoms with Gasteiger partial charge in [0.15, 0.2) is 5.78 Å². The Labute approximate surface area is 172 Å². The zero-order chi connectivity index (χ0) is 20.3. The average Bonchev–Trinajstić information content (AvgIpc) is 3.28. The van der Waals surface area contributed by atoms with Crippen LogP contribution in [0.5, 0.6) is 0 Å². The SMILES string of the molecule is O=C(/C=C/N1CCCC1)[C@H](OCc1ccccc1)[C@H](O)COCc1ccccc1. The highest BCUT2D eigenvalue weighted by Crippen LogP contribution is 2.12. The molecule has 0 unspecified atom stereocenters. The quantitative estimate of drug-likeness (QED) is 0.592. The van der Waals surface area contributed by atoms with Gasteiger partial charge in [-0.1, -0.05) is 60.7 Å². The summed E-state index contributed by atoms with van der Waals surface area (Å²) in [6, 6.07) is 19.4. The number of nitrogens with zero attached hydrogens (tertiary/aromatic N) is 1. The molecule has 5 heteroatoms. The third kappa shape index (κ3) is 7.13. The van der Waals surface area contributed by atoms with Crippen LogP contribution in [0.25, 0.3) is 0 Å². The Balaban J connectivity index is 1.57. The predicted molar refractivity (Wildman–Crippen MR) is 112 cm³/mol. The Morgan fingerprint density at radius 3 is 2.17 bits per heavy atom. The van der Waals surface area contributed by atoms with Crippen molar-refractivity contribution in [2.24, 2.45) is 0 Å². The van der Waals surface area contributed by atoms with Crippen molar-refractivity contribution in [1.82, 2.24) is 4.90 Å². The van der Waals surface area contributed by atoms with Crippen molar-refractivity contribution < 1.29 is 19.4 Å². The van der Waals surface area contributed by atoms with Gasteiger partial charge in [-0.05, 0) is 30.0 Å². The standard InChI is InChI=1S/C24H29NO4/c26-22(13-16-25-14-7-8-15-25)24(29-18-21-11-5-2-6-12-21)23(27)19-28-17-20-9-3-1-4-10-20/h1-6,9-13,16,23-24,27H,7-8,14-15,17-19H2/b16-13+/t23-,24+/m1/s1. The molecule has 29 heavy (non-hydrogen) atoms. The Hall–Kier alpha value is -2.47. The fourth-order valence-electron chi connectivity index (χ4n) is 3.27. The molecule has 1 N–H and O–H groups in total. The maximum atomic E-state index is 12.7. The van der Waals surface area contributed by atoms with Gasteiger partial charge in [-0.25, -0.2) is 0 Å². The molecule has 154 valence electrons. The molecule has 0 amide bonds. The van der Waals surface area contributed by atoms with Gasteiger partial charge >= 0.3 is 0 Å². The van der Waals surface area contributed by atoms with Crippen LogP contribution in [0.2, 0.25) is 0 Å². The Kier molecular flexibility index (Phi) is 8.43. The topological polar surface area (TPSA) is 59.0 Å². The third-order valence-corrected chi connectivity index (χ3v) is 4.89. The van der Waals surface area contributed by atoms with Crippen LogP contribution in [-0.4, -0.2) is 47.7 Å². The fraction of sp³-hybridized carbons (Fsp3) is 0.375. The molecular formula is C24H29NO4. The number of hydrogen-bond donors (Lipinski definition) is 1. The summed E-state index contributed by atoms with van der Waals surface area (Å²) in [4.78, 5) is 14.9. The maximum Gasteiger partial charge on any atom is 0.188 e. The molecule has 1 heterocycles. The summed E-state index contributed by atoms with van der Waals surface area (Å²) < 4.78 is 11.4. The zero-order valence-electron chi connectivity index (χ0n) is 16.7. The van der Waals surface area contributed by atoms with E-state index in [-0.39, 0.29) is 19.0 Å². The minimum atomic E-state index is -1.04. The second kappa shape index (κ2) is 11.5. The molecule has 0 spiro atoms. The minimum absolute atomic E-state index is 0.0254. The third-order valence-electron chi connectivity index (χ3n) is 4.89. The molecule has 0 aromatic heterocycles. The first-order valence-corrected chi connectivity index (χ1v) is 10.1. The molecule has 2 atom stereocenters. The number of ketones is 1. The van der Waals surface area contributed by atoms with Gasteiger partial charge in [0.1, 0.15) is 12.2 Å². The molecule has 1 fully saturated rings. The van der Waals surface area contributed by atoms with Gasteiger partial charge in [0.25, 0.3) is 0 Å². The molecule has 5 nitrogen and oxygen atoms in total. The number of aliphatic hydroxyl groups excluding tert-OH is 1. The van der Waals surface area contributed by atoms with E-state index in [1.807, 2.05) is 66.9 Å². The second-order valence-electron chi connectivity index (χ2n) is 7.25. The Morgan fingerprint density at radius 2 is 1.55 bits per heavy atom. The van der Waals surface area contributed by atoms with Gasteiger partial charge in [-0.3, -0.25) is 4.79 Å². The van der Waals surface area contributed by atoms with E-state index in [1.165, 1.54) is 6.08 Å². The highest BCUT2D eigenvalue weighted by Gasteiger charge is 2.26. The summed E-state index contributed by atoms with van der Waals surface area (Å²) in [7, 11) is 0. The summed E-state index contributed by atoms with van der Waals surface area (Å²) in [5.74, 6) is -0.247. The van der Waals surface area contributed by atoms with Gasteiger partial charge < -0.3 is 19.5 Å². The lowest BCUT2D eigenvalue weighted by Gasteiger charge is -2.22. The van der Waals surface area contributed by atoms with Crippen LogP contribution in [0.4, 0.5) is 0 Å². The second-order valence-corrected chi connectivity index (χ2v) is 7.25. The summed E-state index contributed by atoms with van der Waals surface area (Å²) in [6.45, 7) is 2.58. The highest BCUT2D eigenvalue weighted by atomic mass is 16.5. The number of rotatable bonds is 11. The Bertz CT molecular complexity index is 757. The lowest BCUT2D eigenvalue weighted by molar-refractivity contribution is -0.139. The summed E-state index contributed by atoms with van der Waals surface area (Å²) >= 11 is 0. The maximum absolute atomic E-state index is 12.7. The molecule has 0 aliphatic carbocycles. The summed E-state index contributed by atoms with van der Waals surface area (Å²) in [5.41, 5.74) is 1.97. The van der Waals surface area contributed by atoms with Crippen LogP contribution in [0, 0.1) is 0 Å². The molecule has 0 bridgehead atoms. The molecule has 3 rings (SSSR count). The van der Waals surface area contributed by atoms with Crippen molar-refractivity contribution in [1.29, 1.82) is 0 Å². The number of benzene rings is 2. The van der Waals surface area contributed by atoms with E-state index >= 15 is 0 Å². The first-order chi connectivity index (χ1) is 14.2. The number of carbonyl (C=O) groups is 1. The first-order valence-electron chi connectivity index (χ1n) is 10.1. The van der Waals surface area contributed by atoms with Crippen LogP contribution in [0.1, 0.15) is 24.0 Å². The van der Waals surface area contributed by atoms with E-state index in [2.05, 4.69) is 4.90 Å².